The summed E-state index contributed by atoms with van der Waals surface area (Å²) in [4.78, 5) is 34.7. The highest BCUT2D eigenvalue weighted by molar-refractivity contribution is 6.02. The zero-order valence-corrected chi connectivity index (χ0v) is 10.3. The van der Waals surface area contributed by atoms with Crippen LogP contribution in [0.5, 0.6) is 0 Å². The third-order valence-electron chi connectivity index (χ3n) is 3.74. The highest BCUT2D eigenvalue weighted by Gasteiger charge is 2.38. The van der Waals surface area contributed by atoms with Gasteiger partial charge in [0.1, 0.15) is 6.04 Å². The molecule has 1 aliphatic carbocycles. The molecule has 1 unspecified atom stereocenters. The van der Waals surface area contributed by atoms with Gasteiger partial charge in [0.25, 0.3) is 0 Å². The van der Waals surface area contributed by atoms with Crippen LogP contribution in [-0.2, 0) is 14.4 Å². The predicted octanol–water partition coefficient (Wildman–Crippen LogP) is -0.431. The first kappa shape index (κ1) is 13.0. The van der Waals surface area contributed by atoms with E-state index in [1.54, 1.807) is 0 Å². The van der Waals surface area contributed by atoms with Gasteiger partial charge in [-0.25, -0.2) is 0 Å². The van der Waals surface area contributed by atoms with Crippen LogP contribution in [0.15, 0.2) is 0 Å². The molecular weight excluding hydrogens is 234 g/mol. The van der Waals surface area contributed by atoms with Crippen LogP contribution >= 0.6 is 0 Å². The maximum absolute atomic E-state index is 12.1. The second kappa shape index (κ2) is 5.06. The maximum atomic E-state index is 12.1. The number of hydrogen-bond donors (Lipinski definition) is 3. The molecule has 3 amide bonds. The van der Waals surface area contributed by atoms with Gasteiger partial charge in [-0.2, -0.15) is 0 Å². The second-order valence-corrected chi connectivity index (χ2v) is 5.19. The van der Waals surface area contributed by atoms with Gasteiger partial charge >= 0.3 is 0 Å². The van der Waals surface area contributed by atoms with E-state index in [0.29, 0.717) is 19.3 Å². The van der Waals surface area contributed by atoms with E-state index in [2.05, 4.69) is 10.6 Å². The van der Waals surface area contributed by atoms with Crippen molar-refractivity contribution in [3.8, 4) is 0 Å². The summed E-state index contributed by atoms with van der Waals surface area (Å²) >= 11 is 0. The second-order valence-electron chi connectivity index (χ2n) is 5.19. The van der Waals surface area contributed by atoms with Crippen molar-refractivity contribution in [2.45, 2.75) is 56.5 Å². The number of hydrogen-bond acceptors (Lipinski definition) is 4. The molecule has 0 spiro atoms. The summed E-state index contributed by atoms with van der Waals surface area (Å²) in [5.74, 6) is -0.985. The lowest BCUT2D eigenvalue weighted by molar-refractivity contribution is -0.138. The van der Waals surface area contributed by atoms with Crippen LogP contribution in [0.1, 0.15) is 44.9 Å². The summed E-state index contributed by atoms with van der Waals surface area (Å²) in [6, 6.07) is -0.627. The van der Waals surface area contributed by atoms with E-state index >= 15 is 0 Å². The van der Waals surface area contributed by atoms with Crippen LogP contribution in [0.2, 0.25) is 0 Å². The molecule has 0 bridgehead atoms. The lowest BCUT2D eigenvalue weighted by atomic mass is 9.81. The molecule has 0 aromatic heterocycles. The van der Waals surface area contributed by atoms with Crippen molar-refractivity contribution in [3.63, 3.8) is 0 Å². The van der Waals surface area contributed by atoms with E-state index in [9.17, 15) is 14.4 Å². The fourth-order valence-electron chi connectivity index (χ4n) is 2.54. The summed E-state index contributed by atoms with van der Waals surface area (Å²) in [6.45, 7) is 0. The Bertz CT molecular complexity index is 375. The molecule has 6 nitrogen and oxygen atoms in total. The van der Waals surface area contributed by atoms with Crippen LogP contribution < -0.4 is 16.4 Å². The smallest absolute Gasteiger partial charge is 0.249 e. The quantitative estimate of drug-likeness (QED) is 0.581. The Morgan fingerprint density at radius 2 is 1.94 bits per heavy atom. The number of nitrogens with two attached hydrogens (primary N) is 1. The van der Waals surface area contributed by atoms with E-state index in [4.69, 9.17) is 5.73 Å². The molecule has 1 heterocycles. The number of carbonyl (C=O) groups excluding carboxylic acids is 3. The van der Waals surface area contributed by atoms with Crippen LogP contribution in [-0.4, -0.2) is 29.3 Å². The largest absolute Gasteiger partial charge is 0.343 e. The maximum Gasteiger partial charge on any atom is 0.249 e. The summed E-state index contributed by atoms with van der Waals surface area (Å²) in [6.07, 6.45) is 4.92. The van der Waals surface area contributed by atoms with Crippen molar-refractivity contribution >= 4 is 17.7 Å². The highest BCUT2D eigenvalue weighted by atomic mass is 16.2. The molecular formula is C12H19N3O3. The Balaban J connectivity index is 1.94. The van der Waals surface area contributed by atoms with Gasteiger partial charge in [0.15, 0.2) is 0 Å². The molecule has 1 aliphatic heterocycles. The van der Waals surface area contributed by atoms with Crippen molar-refractivity contribution in [3.05, 3.63) is 0 Å². The minimum absolute atomic E-state index is 0.258. The van der Waals surface area contributed by atoms with Crippen molar-refractivity contribution in [1.29, 1.82) is 0 Å². The molecule has 2 aliphatic rings. The number of imide groups is 1. The van der Waals surface area contributed by atoms with E-state index < -0.39 is 17.5 Å². The van der Waals surface area contributed by atoms with Crippen molar-refractivity contribution < 1.29 is 14.4 Å². The number of amides is 3. The Hall–Kier alpha value is -1.43. The van der Waals surface area contributed by atoms with Crippen molar-refractivity contribution in [2.24, 2.45) is 5.73 Å². The predicted molar refractivity (Wildman–Crippen MR) is 64.3 cm³/mol. The van der Waals surface area contributed by atoms with Gasteiger partial charge < -0.3 is 11.1 Å². The van der Waals surface area contributed by atoms with Gasteiger partial charge in [-0.1, -0.05) is 19.3 Å². The van der Waals surface area contributed by atoms with Gasteiger partial charge in [-0.15, -0.1) is 0 Å². The fourth-order valence-corrected chi connectivity index (χ4v) is 2.54. The standard InChI is InChI=1S/C12H19N3O3/c13-12(6-2-1-3-7-12)11(18)14-8-4-5-9(16)15-10(8)17/h8H,1-7,13H2,(H,14,18)(H,15,16,17). The first-order valence-electron chi connectivity index (χ1n) is 6.45. The molecule has 0 aromatic carbocycles. The summed E-state index contributed by atoms with van der Waals surface area (Å²) in [5, 5.41) is 4.89. The molecule has 2 fully saturated rings. The lowest BCUT2D eigenvalue weighted by Gasteiger charge is -2.33. The number of piperidine rings is 1. The number of carbonyl (C=O) groups is 3. The van der Waals surface area contributed by atoms with E-state index in [1.165, 1.54) is 0 Å². The minimum atomic E-state index is -0.847. The molecule has 1 saturated heterocycles. The monoisotopic (exact) mass is 253 g/mol. The molecule has 4 N–H and O–H groups in total. The Morgan fingerprint density at radius 1 is 1.28 bits per heavy atom. The van der Waals surface area contributed by atoms with Gasteiger partial charge in [0.05, 0.1) is 5.54 Å². The summed E-state index contributed by atoms with van der Waals surface area (Å²) in [5.41, 5.74) is 5.23. The number of rotatable bonds is 2. The average molecular weight is 253 g/mol. The molecule has 100 valence electrons. The molecule has 2 rings (SSSR count). The minimum Gasteiger partial charge on any atom is -0.343 e. The molecule has 0 radical (unpaired) electrons. The Kier molecular flexibility index (Phi) is 3.65. The average Bonchev–Trinajstić information content (AvgIpc) is 2.33. The van der Waals surface area contributed by atoms with Crippen LogP contribution in [0.4, 0.5) is 0 Å². The molecule has 18 heavy (non-hydrogen) atoms. The first-order chi connectivity index (χ1) is 8.51. The third kappa shape index (κ3) is 2.69. The number of nitrogens with one attached hydrogen (secondary N) is 2. The SMILES string of the molecule is NC1(C(=O)NC2CCC(=O)NC2=O)CCCCC1. The van der Waals surface area contributed by atoms with Crippen molar-refractivity contribution in [2.75, 3.05) is 0 Å². The van der Waals surface area contributed by atoms with Crippen LogP contribution in [0.25, 0.3) is 0 Å². The Morgan fingerprint density at radius 3 is 2.56 bits per heavy atom. The summed E-state index contributed by atoms with van der Waals surface area (Å²) in [7, 11) is 0. The summed E-state index contributed by atoms with van der Waals surface area (Å²) < 4.78 is 0. The van der Waals surface area contributed by atoms with Gasteiger partial charge in [0.2, 0.25) is 17.7 Å². The lowest BCUT2D eigenvalue weighted by Crippen LogP contribution is -2.60. The first-order valence-corrected chi connectivity index (χ1v) is 6.45. The van der Waals surface area contributed by atoms with Gasteiger partial charge in [-0.05, 0) is 19.3 Å². The molecule has 0 aromatic rings. The van der Waals surface area contributed by atoms with E-state index in [0.717, 1.165) is 19.3 Å². The van der Waals surface area contributed by atoms with Crippen LogP contribution in [0.3, 0.4) is 0 Å². The zero-order chi connectivity index (χ0) is 13.2. The van der Waals surface area contributed by atoms with Gasteiger partial charge in [-0.3, -0.25) is 19.7 Å². The molecule has 1 saturated carbocycles. The fraction of sp³-hybridized carbons (Fsp3) is 0.750. The van der Waals surface area contributed by atoms with Crippen molar-refractivity contribution in [1.82, 2.24) is 10.6 Å². The highest BCUT2D eigenvalue weighted by Crippen LogP contribution is 2.26. The normalized spacial score (nSPS) is 27.5. The molecule has 1 atom stereocenters. The van der Waals surface area contributed by atoms with Crippen LogP contribution in [0, 0.1) is 0 Å². The van der Waals surface area contributed by atoms with Gasteiger partial charge in [0, 0.05) is 6.42 Å². The van der Waals surface area contributed by atoms with E-state index in [1.807, 2.05) is 0 Å². The molecule has 6 heteroatoms. The third-order valence-corrected chi connectivity index (χ3v) is 3.74. The topological polar surface area (TPSA) is 101 Å². The van der Waals surface area contributed by atoms with E-state index in [-0.39, 0.29) is 18.2 Å². The Labute approximate surface area is 106 Å². The zero-order valence-electron chi connectivity index (χ0n) is 10.3.